The van der Waals surface area contributed by atoms with Gasteiger partial charge in [0.1, 0.15) is 18.0 Å². The standard InChI is InChI=1S/C26H20ClFN2O5/c1-2-34-22-14-17(13-21(27)23(22)35-15-16-8-10-18(28)11-9-16)12-20-24(31)29-26(33)30(25(20)32)19-6-4-3-5-7-19/h3-14H,2,15H2,1H3,(H,29,31,33). The number of urea groups is 1. The summed E-state index contributed by atoms with van der Waals surface area (Å²) in [7, 11) is 0. The van der Waals surface area contributed by atoms with Crippen molar-refractivity contribution < 1.29 is 28.2 Å². The van der Waals surface area contributed by atoms with Crippen LogP contribution in [0.2, 0.25) is 5.02 Å². The molecule has 1 heterocycles. The fraction of sp³-hybridized carbons (Fsp3) is 0.115. The zero-order valence-electron chi connectivity index (χ0n) is 18.6. The predicted octanol–water partition coefficient (Wildman–Crippen LogP) is 5.12. The summed E-state index contributed by atoms with van der Waals surface area (Å²) >= 11 is 6.46. The average Bonchev–Trinajstić information content (AvgIpc) is 2.83. The van der Waals surface area contributed by atoms with Crippen LogP contribution in [0.15, 0.2) is 72.3 Å². The highest BCUT2D eigenvalue weighted by atomic mass is 35.5. The molecule has 0 unspecified atom stereocenters. The van der Waals surface area contributed by atoms with Crippen molar-refractivity contribution in [1.29, 1.82) is 0 Å². The first-order chi connectivity index (χ1) is 16.9. The maximum Gasteiger partial charge on any atom is 0.335 e. The number of imide groups is 2. The third-order valence-corrected chi connectivity index (χ3v) is 5.34. The van der Waals surface area contributed by atoms with Crippen LogP contribution in [0.1, 0.15) is 18.1 Å². The Morgan fingerprint density at radius 2 is 1.71 bits per heavy atom. The number of benzene rings is 3. The van der Waals surface area contributed by atoms with E-state index in [9.17, 15) is 18.8 Å². The van der Waals surface area contributed by atoms with Crippen molar-refractivity contribution in [2.75, 3.05) is 11.5 Å². The second-order valence-corrected chi connectivity index (χ2v) is 7.88. The third kappa shape index (κ3) is 5.33. The first-order valence-electron chi connectivity index (χ1n) is 10.7. The van der Waals surface area contributed by atoms with Crippen LogP contribution in [-0.4, -0.2) is 24.5 Å². The van der Waals surface area contributed by atoms with Gasteiger partial charge in [0.25, 0.3) is 11.8 Å². The molecule has 35 heavy (non-hydrogen) atoms. The van der Waals surface area contributed by atoms with E-state index in [4.69, 9.17) is 21.1 Å². The van der Waals surface area contributed by atoms with E-state index in [1.165, 1.54) is 24.3 Å². The number of carbonyl (C=O) groups is 3. The van der Waals surface area contributed by atoms with E-state index in [0.717, 1.165) is 10.5 Å². The molecule has 4 rings (SSSR count). The molecule has 1 aliphatic heterocycles. The summed E-state index contributed by atoms with van der Waals surface area (Å²) in [5, 5.41) is 2.36. The van der Waals surface area contributed by atoms with E-state index < -0.39 is 17.8 Å². The van der Waals surface area contributed by atoms with Gasteiger partial charge in [-0.05, 0) is 60.5 Å². The first-order valence-corrected chi connectivity index (χ1v) is 11.0. The molecular weight excluding hydrogens is 475 g/mol. The SMILES string of the molecule is CCOc1cc(C=C2C(=O)NC(=O)N(c3ccccc3)C2=O)cc(Cl)c1OCc1ccc(F)cc1. The van der Waals surface area contributed by atoms with Crippen LogP contribution in [-0.2, 0) is 16.2 Å². The van der Waals surface area contributed by atoms with Crippen LogP contribution in [0.4, 0.5) is 14.9 Å². The van der Waals surface area contributed by atoms with Crippen molar-refractivity contribution in [3.05, 3.63) is 94.3 Å². The number of barbiturate groups is 1. The molecule has 3 aromatic rings. The minimum absolute atomic E-state index is 0.121. The van der Waals surface area contributed by atoms with Crippen LogP contribution in [0.5, 0.6) is 11.5 Å². The molecule has 1 saturated heterocycles. The highest BCUT2D eigenvalue weighted by molar-refractivity contribution is 6.39. The number of hydrogen-bond acceptors (Lipinski definition) is 5. The van der Waals surface area contributed by atoms with Gasteiger partial charge in [0.05, 0.1) is 17.3 Å². The lowest BCUT2D eigenvalue weighted by Crippen LogP contribution is -2.54. The molecule has 4 amide bonds. The molecule has 178 valence electrons. The second-order valence-electron chi connectivity index (χ2n) is 7.47. The summed E-state index contributed by atoms with van der Waals surface area (Å²) in [5.74, 6) is -1.38. The Morgan fingerprint density at radius 1 is 1.00 bits per heavy atom. The van der Waals surface area contributed by atoms with Gasteiger partial charge < -0.3 is 9.47 Å². The van der Waals surface area contributed by atoms with Gasteiger partial charge in [-0.3, -0.25) is 14.9 Å². The molecule has 1 aliphatic rings. The Hall–Kier alpha value is -4.17. The molecule has 0 saturated carbocycles. The first kappa shape index (κ1) is 24.0. The van der Waals surface area contributed by atoms with E-state index in [-0.39, 0.29) is 28.8 Å². The molecule has 0 aromatic heterocycles. The van der Waals surface area contributed by atoms with Crippen LogP contribution >= 0.6 is 11.6 Å². The van der Waals surface area contributed by atoms with E-state index >= 15 is 0 Å². The van der Waals surface area contributed by atoms with Gasteiger partial charge in [0.2, 0.25) is 0 Å². The number of hydrogen-bond donors (Lipinski definition) is 1. The third-order valence-electron chi connectivity index (χ3n) is 5.06. The molecule has 0 spiro atoms. The summed E-state index contributed by atoms with van der Waals surface area (Å²) < 4.78 is 24.6. The molecule has 1 N–H and O–H groups in total. The second kappa shape index (κ2) is 10.4. The predicted molar refractivity (Wildman–Crippen MR) is 129 cm³/mol. The molecule has 3 aromatic carbocycles. The monoisotopic (exact) mass is 494 g/mol. The Labute approximate surface area is 205 Å². The number of halogens is 2. The fourth-order valence-electron chi connectivity index (χ4n) is 3.45. The van der Waals surface area contributed by atoms with Gasteiger partial charge in [-0.1, -0.05) is 41.9 Å². The number of para-hydroxylation sites is 1. The summed E-state index contributed by atoms with van der Waals surface area (Å²) in [5.41, 5.74) is 1.21. The van der Waals surface area contributed by atoms with Crippen molar-refractivity contribution >= 4 is 41.2 Å². The fourth-order valence-corrected chi connectivity index (χ4v) is 3.72. The molecule has 1 fully saturated rings. The number of ether oxygens (including phenoxy) is 2. The number of rotatable bonds is 7. The van der Waals surface area contributed by atoms with Crippen molar-refractivity contribution in [3.8, 4) is 11.5 Å². The smallest absolute Gasteiger partial charge is 0.335 e. The normalized spacial score (nSPS) is 14.8. The number of carbonyl (C=O) groups excluding carboxylic acids is 3. The minimum Gasteiger partial charge on any atom is -0.490 e. The number of amides is 4. The van der Waals surface area contributed by atoms with Gasteiger partial charge in [0, 0.05) is 0 Å². The average molecular weight is 495 g/mol. The number of nitrogens with one attached hydrogen (secondary N) is 1. The summed E-state index contributed by atoms with van der Waals surface area (Å²) in [6.07, 6.45) is 1.33. The minimum atomic E-state index is -0.832. The van der Waals surface area contributed by atoms with Gasteiger partial charge in [-0.15, -0.1) is 0 Å². The highest BCUT2D eigenvalue weighted by Crippen LogP contribution is 2.38. The van der Waals surface area contributed by atoms with Gasteiger partial charge in [0.15, 0.2) is 11.5 Å². The molecule has 0 aliphatic carbocycles. The summed E-state index contributed by atoms with van der Waals surface area (Å²) in [6, 6.07) is 16.4. The largest absolute Gasteiger partial charge is 0.490 e. The Bertz CT molecular complexity index is 1310. The van der Waals surface area contributed by atoms with Crippen molar-refractivity contribution in [2.45, 2.75) is 13.5 Å². The van der Waals surface area contributed by atoms with Crippen molar-refractivity contribution in [1.82, 2.24) is 5.32 Å². The topological polar surface area (TPSA) is 84.9 Å². The maximum atomic E-state index is 13.2. The summed E-state index contributed by atoms with van der Waals surface area (Å²) in [6.45, 7) is 2.21. The van der Waals surface area contributed by atoms with Gasteiger partial charge in [-0.2, -0.15) is 0 Å². The van der Waals surface area contributed by atoms with Gasteiger partial charge in [-0.25, -0.2) is 14.1 Å². The Morgan fingerprint density at radius 3 is 2.40 bits per heavy atom. The van der Waals surface area contributed by atoms with E-state index in [0.29, 0.717) is 23.6 Å². The molecule has 0 atom stereocenters. The number of nitrogens with zero attached hydrogens (tertiary/aromatic N) is 1. The van der Waals surface area contributed by atoms with E-state index in [1.54, 1.807) is 55.5 Å². The van der Waals surface area contributed by atoms with Crippen LogP contribution in [0.3, 0.4) is 0 Å². The van der Waals surface area contributed by atoms with Crippen LogP contribution in [0.25, 0.3) is 6.08 Å². The molecular formula is C26H20ClFN2O5. The Kier molecular flexibility index (Phi) is 7.12. The molecule has 9 heteroatoms. The quantitative estimate of drug-likeness (QED) is 0.364. The lowest BCUT2D eigenvalue weighted by atomic mass is 10.1. The van der Waals surface area contributed by atoms with Crippen LogP contribution < -0.4 is 19.7 Å². The van der Waals surface area contributed by atoms with Crippen LogP contribution in [0, 0.1) is 5.82 Å². The summed E-state index contributed by atoms with van der Waals surface area (Å²) in [4.78, 5) is 38.8. The van der Waals surface area contributed by atoms with Gasteiger partial charge >= 0.3 is 6.03 Å². The molecule has 0 radical (unpaired) electrons. The lowest BCUT2D eigenvalue weighted by molar-refractivity contribution is -0.122. The van der Waals surface area contributed by atoms with Crippen molar-refractivity contribution in [2.24, 2.45) is 0 Å². The lowest BCUT2D eigenvalue weighted by Gasteiger charge is -2.26. The zero-order chi connectivity index (χ0) is 24.9. The van der Waals surface area contributed by atoms with Crippen molar-refractivity contribution in [3.63, 3.8) is 0 Å². The zero-order valence-corrected chi connectivity index (χ0v) is 19.3. The highest BCUT2D eigenvalue weighted by Gasteiger charge is 2.36. The molecule has 0 bridgehead atoms. The Balaban J connectivity index is 1.65. The molecule has 7 nitrogen and oxygen atoms in total. The van der Waals surface area contributed by atoms with E-state index in [2.05, 4.69) is 5.32 Å². The van der Waals surface area contributed by atoms with E-state index in [1.807, 2.05) is 0 Å². The number of anilines is 1. The maximum absolute atomic E-state index is 13.2.